The summed E-state index contributed by atoms with van der Waals surface area (Å²) in [4.78, 5) is 23.9. The SMILES string of the molecule is CC(=O)Nc1cc(NC(C)=CC(=O)c2ccc(-c3c(C)noc3C)cc2F)c(F)cc1Br. The van der Waals surface area contributed by atoms with E-state index in [0.29, 0.717) is 38.4 Å². The van der Waals surface area contributed by atoms with Crippen molar-refractivity contribution in [1.82, 2.24) is 5.16 Å². The van der Waals surface area contributed by atoms with E-state index < -0.39 is 17.4 Å². The number of aryl methyl sites for hydroxylation is 2. The number of hydrogen-bond acceptors (Lipinski definition) is 5. The molecule has 32 heavy (non-hydrogen) atoms. The zero-order valence-corrected chi connectivity index (χ0v) is 19.4. The molecule has 1 aromatic heterocycles. The van der Waals surface area contributed by atoms with E-state index >= 15 is 0 Å². The molecule has 1 amide bonds. The van der Waals surface area contributed by atoms with Crippen molar-refractivity contribution in [3.63, 3.8) is 0 Å². The second kappa shape index (κ2) is 9.44. The summed E-state index contributed by atoms with van der Waals surface area (Å²) in [6.45, 7) is 6.35. The van der Waals surface area contributed by atoms with Crippen LogP contribution in [-0.4, -0.2) is 16.8 Å². The van der Waals surface area contributed by atoms with Crippen LogP contribution < -0.4 is 10.6 Å². The van der Waals surface area contributed by atoms with Gasteiger partial charge in [0.1, 0.15) is 17.4 Å². The van der Waals surface area contributed by atoms with Gasteiger partial charge in [-0.3, -0.25) is 9.59 Å². The van der Waals surface area contributed by atoms with Gasteiger partial charge in [0.2, 0.25) is 5.91 Å². The number of aromatic nitrogens is 1. The van der Waals surface area contributed by atoms with Crippen LogP contribution in [0.25, 0.3) is 11.1 Å². The first-order valence-corrected chi connectivity index (χ1v) is 10.3. The maximum Gasteiger partial charge on any atom is 0.221 e. The fourth-order valence-electron chi connectivity index (χ4n) is 3.22. The first kappa shape index (κ1) is 23.3. The van der Waals surface area contributed by atoms with Crippen molar-refractivity contribution in [2.45, 2.75) is 27.7 Å². The highest BCUT2D eigenvalue weighted by Gasteiger charge is 2.16. The molecule has 0 fully saturated rings. The summed E-state index contributed by atoms with van der Waals surface area (Å²) in [5.74, 6) is -1.64. The molecule has 0 atom stereocenters. The van der Waals surface area contributed by atoms with Gasteiger partial charge in [-0.2, -0.15) is 0 Å². The van der Waals surface area contributed by atoms with E-state index in [4.69, 9.17) is 4.52 Å². The molecule has 2 aromatic carbocycles. The number of nitrogens with zero attached hydrogens (tertiary/aromatic N) is 1. The van der Waals surface area contributed by atoms with Gasteiger partial charge in [0.15, 0.2) is 5.78 Å². The van der Waals surface area contributed by atoms with Crippen molar-refractivity contribution < 1.29 is 22.9 Å². The number of carbonyl (C=O) groups is 2. The Kier molecular flexibility index (Phi) is 6.88. The second-order valence-electron chi connectivity index (χ2n) is 7.20. The van der Waals surface area contributed by atoms with Crippen LogP contribution in [0.5, 0.6) is 0 Å². The topological polar surface area (TPSA) is 84.2 Å². The fourth-order valence-corrected chi connectivity index (χ4v) is 3.63. The number of rotatable bonds is 6. The van der Waals surface area contributed by atoms with Crippen LogP contribution in [-0.2, 0) is 4.79 Å². The molecule has 0 aliphatic carbocycles. The van der Waals surface area contributed by atoms with Gasteiger partial charge in [0.25, 0.3) is 0 Å². The summed E-state index contributed by atoms with van der Waals surface area (Å²) in [7, 11) is 0. The molecule has 0 spiro atoms. The highest BCUT2D eigenvalue weighted by molar-refractivity contribution is 9.10. The lowest BCUT2D eigenvalue weighted by atomic mass is 10.0. The minimum atomic E-state index is -0.695. The predicted molar refractivity (Wildman–Crippen MR) is 121 cm³/mol. The van der Waals surface area contributed by atoms with Gasteiger partial charge in [-0.1, -0.05) is 11.2 Å². The molecular weight excluding hydrogens is 484 g/mol. The first-order chi connectivity index (χ1) is 15.1. The smallest absolute Gasteiger partial charge is 0.221 e. The van der Waals surface area contributed by atoms with Gasteiger partial charge in [-0.05, 0) is 66.5 Å². The molecular formula is C23H20BrF2N3O3. The van der Waals surface area contributed by atoms with Crippen LogP contribution >= 0.6 is 15.9 Å². The van der Waals surface area contributed by atoms with Crippen molar-refractivity contribution in [2.75, 3.05) is 10.6 Å². The van der Waals surface area contributed by atoms with Crippen LogP contribution in [0.2, 0.25) is 0 Å². The molecule has 2 N–H and O–H groups in total. The second-order valence-corrected chi connectivity index (χ2v) is 8.06. The van der Waals surface area contributed by atoms with Gasteiger partial charge < -0.3 is 15.2 Å². The third-order valence-corrected chi connectivity index (χ3v) is 5.26. The molecule has 3 rings (SSSR count). The Morgan fingerprint density at radius 3 is 2.34 bits per heavy atom. The van der Waals surface area contributed by atoms with E-state index in [1.807, 2.05) is 0 Å². The number of anilines is 2. The molecule has 0 saturated heterocycles. The van der Waals surface area contributed by atoms with Gasteiger partial charge in [0, 0.05) is 28.7 Å². The van der Waals surface area contributed by atoms with E-state index in [1.54, 1.807) is 26.8 Å². The van der Waals surface area contributed by atoms with E-state index in [9.17, 15) is 18.4 Å². The largest absolute Gasteiger partial charge is 0.361 e. The van der Waals surface area contributed by atoms with Crippen LogP contribution in [0.1, 0.15) is 35.7 Å². The number of benzene rings is 2. The molecule has 9 heteroatoms. The molecule has 1 heterocycles. The van der Waals surface area contributed by atoms with Crippen LogP contribution in [0, 0.1) is 25.5 Å². The summed E-state index contributed by atoms with van der Waals surface area (Å²) >= 11 is 3.18. The first-order valence-electron chi connectivity index (χ1n) is 9.56. The van der Waals surface area contributed by atoms with Crippen molar-refractivity contribution in [3.05, 3.63) is 75.2 Å². The number of carbonyl (C=O) groups excluding carboxylic acids is 2. The number of nitrogens with one attached hydrogen (secondary N) is 2. The Hall–Kier alpha value is -3.33. The number of halogens is 3. The molecule has 6 nitrogen and oxygen atoms in total. The Labute approximate surface area is 191 Å². The Morgan fingerprint density at radius 1 is 1.03 bits per heavy atom. The third kappa shape index (κ3) is 5.11. The van der Waals surface area contributed by atoms with Crippen molar-refractivity contribution >= 4 is 39.0 Å². The molecule has 0 radical (unpaired) electrons. The van der Waals surface area contributed by atoms with Crippen molar-refractivity contribution in [3.8, 4) is 11.1 Å². The van der Waals surface area contributed by atoms with Crippen LogP contribution in [0.3, 0.4) is 0 Å². The lowest BCUT2D eigenvalue weighted by Crippen LogP contribution is -2.08. The Bertz CT molecular complexity index is 1230. The predicted octanol–water partition coefficient (Wildman–Crippen LogP) is 6.16. The number of ketones is 1. The third-order valence-electron chi connectivity index (χ3n) is 4.60. The minimum absolute atomic E-state index is 0.0488. The molecule has 166 valence electrons. The van der Waals surface area contributed by atoms with Gasteiger partial charge in [-0.25, -0.2) is 8.78 Å². The van der Waals surface area contributed by atoms with Gasteiger partial charge >= 0.3 is 0 Å². The number of allylic oxidation sites excluding steroid dienone is 2. The molecule has 0 aliphatic heterocycles. The summed E-state index contributed by atoms with van der Waals surface area (Å²) in [5, 5.41) is 9.20. The summed E-state index contributed by atoms with van der Waals surface area (Å²) in [6, 6.07) is 6.84. The minimum Gasteiger partial charge on any atom is -0.361 e. The average molecular weight is 504 g/mol. The molecule has 0 aliphatic rings. The highest BCUT2D eigenvalue weighted by atomic mass is 79.9. The van der Waals surface area contributed by atoms with Crippen molar-refractivity contribution in [1.29, 1.82) is 0 Å². The normalized spacial score (nSPS) is 11.4. The monoisotopic (exact) mass is 503 g/mol. The number of amides is 1. The van der Waals surface area contributed by atoms with Crippen LogP contribution in [0.15, 0.2) is 51.1 Å². The van der Waals surface area contributed by atoms with E-state index in [0.717, 1.165) is 0 Å². The van der Waals surface area contributed by atoms with Gasteiger partial charge in [-0.15, -0.1) is 0 Å². The summed E-state index contributed by atoms with van der Waals surface area (Å²) in [5.41, 5.74) is 2.43. The molecule has 0 bridgehead atoms. The lowest BCUT2D eigenvalue weighted by molar-refractivity contribution is -0.114. The molecule has 0 unspecified atom stereocenters. The Morgan fingerprint density at radius 2 is 1.75 bits per heavy atom. The zero-order valence-electron chi connectivity index (χ0n) is 17.8. The quantitative estimate of drug-likeness (QED) is 0.311. The van der Waals surface area contributed by atoms with E-state index in [2.05, 4.69) is 31.7 Å². The van der Waals surface area contributed by atoms with Crippen molar-refractivity contribution in [2.24, 2.45) is 0 Å². The fraction of sp³-hybridized carbons (Fsp3) is 0.174. The number of hydrogen-bond donors (Lipinski definition) is 2. The van der Waals surface area contributed by atoms with Crippen LogP contribution in [0.4, 0.5) is 20.2 Å². The maximum atomic E-state index is 14.7. The Balaban J connectivity index is 1.83. The average Bonchev–Trinajstić information content (AvgIpc) is 3.03. The highest BCUT2D eigenvalue weighted by Crippen LogP contribution is 2.30. The van der Waals surface area contributed by atoms with Gasteiger partial charge in [0.05, 0.1) is 22.6 Å². The van der Waals surface area contributed by atoms with E-state index in [-0.39, 0.29) is 17.2 Å². The summed E-state index contributed by atoms with van der Waals surface area (Å²) < 4.78 is 34.5. The summed E-state index contributed by atoms with van der Waals surface area (Å²) in [6.07, 6.45) is 1.17. The van der Waals surface area contributed by atoms with E-state index in [1.165, 1.54) is 37.3 Å². The molecule has 0 saturated carbocycles. The maximum absolute atomic E-state index is 14.7. The lowest BCUT2D eigenvalue weighted by Gasteiger charge is -2.12. The zero-order chi connectivity index (χ0) is 23.6. The molecule has 3 aromatic rings. The standard InChI is InChI=1S/C23H20BrF2N3O3/c1-11(27-21-10-20(28-14(4)30)17(24)9-19(21)26)7-22(31)16-6-5-15(8-18(16)25)23-12(2)29-32-13(23)3/h5-10,27H,1-4H3,(H,28,30).